The van der Waals surface area contributed by atoms with Crippen LogP contribution in [-0.2, 0) is 9.59 Å². The molecule has 0 bridgehead atoms. The standard InChI is InChI=1S/C22H23ClN2O2/c1-12-11-17-19-18(15-5-3-2-4-6-16(15)20(17)24-12)21(26)25(22(19)27)14-9-7-13(23)8-10-14/h7-11,15-16,18-19,24H,2-6H2,1H3/t15?,16?,18-,19+/m0/s1. The van der Waals surface area contributed by atoms with Gasteiger partial charge in [-0.05, 0) is 61.6 Å². The normalized spacial score (nSPS) is 29.9. The monoisotopic (exact) mass is 382 g/mol. The number of imide groups is 1. The second kappa shape index (κ2) is 6.23. The Hall–Kier alpha value is -2.07. The van der Waals surface area contributed by atoms with Crippen LogP contribution in [0, 0.1) is 18.8 Å². The number of fused-ring (bicyclic) bond motifs is 6. The predicted molar refractivity (Wildman–Crippen MR) is 105 cm³/mol. The van der Waals surface area contributed by atoms with Crippen molar-refractivity contribution in [3.05, 3.63) is 52.3 Å². The maximum atomic E-state index is 13.5. The van der Waals surface area contributed by atoms with Gasteiger partial charge in [0.2, 0.25) is 11.8 Å². The summed E-state index contributed by atoms with van der Waals surface area (Å²) in [6, 6.07) is 9.09. The molecular weight excluding hydrogens is 360 g/mol. The second-order valence-electron chi connectivity index (χ2n) is 8.22. The average Bonchev–Trinajstić information content (AvgIpc) is 3.02. The molecule has 140 valence electrons. The van der Waals surface area contributed by atoms with E-state index in [4.69, 9.17) is 11.6 Å². The fourth-order valence-corrected chi connectivity index (χ4v) is 5.74. The smallest absolute Gasteiger partial charge is 0.242 e. The van der Waals surface area contributed by atoms with Crippen molar-refractivity contribution >= 4 is 29.1 Å². The van der Waals surface area contributed by atoms with E-state index in [2.05, 4.69) is 11.1 Å². The molecule has 1 aromatic carbocycles. The molecule has 27 heavy (non-hydrogen) atoms. The lowest BCUT2D eigenvalue weighted by molar-refractivity contribution is -0.123. The highest BCUT2D eigenvalue weighted by Gasteiger charge is 2.57. The van der Waals surface area contributed by atoms with Gasteiger partial charge in [0.1, 0.15) is 0 Å². The number of rotatable bonds is 1. The van der Waals surface area contributed by atoms with Crippen molar-refractivity contribution in [2.45, 2.75) is 50.9 Å². The minimum absolute atomic E-state index is 0.0336. The average molecular weight is 383 g/mol. The van der Waals surface area contributed by atoms with Crippen LogP contribution in [0.1, 0.15) is 60.9 Å². The predicted octanol–water partition coefficient (Wildman–Crippen LogP) is 4.93. The van der Waals surface area contributed by atoms with E-state index >= 15 is 0 Å². The van der Waals surface area contributed by atoms with Crippen LogP contribution in [0.25, 0.3) is 0 Å². The number of hydrogen-bond donors (Lipinski definition) is 1. The van der Waals surface area contributed by atoms with E-state index in [9.17, 15) is 9.59 Å². The van der Waals surface area contributed by atoms with E-state index in [0.29, 0.717) is 16.6 Å². The zero-order valence-electron chi connectivity index (χ0n) is 15.4. The molecule has 1 aromatic heterocycles. The van der Waals surface area contributed by atoms with Crippen LogP contribution in [0.15, 0.2) is 30.3 Å². The van der Waals surface area contributed by atoms with Gasteiger partial charge in [-0.1, -0.05) is 30.9 Å². The number of carbonyl (C=O) groups excluding carboxylic acids is 2. The number of H-pyrrole nitrogens is 1. The van der Waals surface area contributed by atoms with Crippen molar-refractivity contribution in [2.75, 3.05) is 4.90 Å². The molecule has 1 saturated carbocycles. The van der Waals surface area contributed by atoms with Crippen LogP contribution in [-0.4, -0.2) is 16.8 Å². The number of nitrogens with one attached hydrogen (secondary N) is 1. The summed E-state index contributed by atoms with van der Waals surface area (Å²) in [5.74, 6) is -0.105. The number of anilines is 1. The van der Waals surface area contributed by atoms with E-state index in [1.165, 1.54) is 23.4 Å². The lowest BCUT2D eigenvalue weighted by Crippen LogP contribution is -2.35. The summed E-state index contributed by atoms with van der Waals surface area (Å²) in [5, 5.41) is 0.600. The molecule has 1 aliphatic heterocycles. The third kappa shape index (κ3) is 2.49. The number of hydrogen-bond acceptors (Lipinski definition) is 2. The van der Waals surface area contributed by atoms with Gasteiger partial charge in [0.25, 0.3) is 0 Å². The summed E-state index contributed by atoms with van der Waals surface area (Å²) in [6.45, 7) is 2.04. The summed E-state index contributed by atoms with van der Waals surface area (Å²) >= 11 is 6.00. The van der Waals surface area contributed by atoms with Crippen molar-refractivity contribution in [1.29, 1.82) is 0 Å². The number of aromatic amines is 1. The van der Waals surface area contributed by atoms with Gasteiger partial charge in [0.15, 0.2) is 0 Å². The van der Waals surface area contributed by atoms with Crippen molar-refractivity contribution < 1.29 is 9.59 Å². The van der Waals surface area contributed by atoms with Gasteiger partial charge in [0, 0.05) is 22.3 Å². The molecule has 5 heteroatoms. The molecule has 3 aliphatic rings. The summed E-state index contributed by atoms with van der Waals surface area (Å²) in [7, 11) is 0. The van der Waals surface area contributed by atoms with Crippen molar-refractivity contribution in [3.8, 4) is 0 Å². The summed E-state index contributed by atoms with van der Waals surface area (Å²) in [4.78, 5) is 31.8. The van der Waals surface area contributed by atoms with E-state index in [1.807, 2.05) is 6.92 Å². The first-order valence-electron chi connectivity index (χ1n) is 9.89. The lowest BCUT2D eigenvalue weighted by atomic mass is 9.65. The molecule has 2 unspecified atom stereocenters. The van der Waals surface area contributed by atoms with Gasteiger partial charge in [-0.25, -0.2) is 4.90 Å². The van der Waals surface area contributed by atoms with E-state index in [1.54, 1.807) is 24.3 Å². The molecule has 0 spiro atoms. The highest BCUT2D eigenvalue weighted by molar-refractivity contribution is 6.31. The van der Waals surface area contributed by atoms with Crippen LogP contribution >= 0.6 is 11.6 Å². The molecule has 0 radical (unpaired) electrons. The number of carbonyl (C=O) groups is 2. The molecule has 4 nitrogen and oxygen atoms in total. The van der Waals surface area contributed by atoms with E-state index in [0.717, 1.165) is 30.5 Å². The largest absolute Gasteiger partial charge is 0.362 e. The molecule has 2 aliphatic carbocycles. The van der Waals surface area contributed by atoms with Crippen LogP contribution in [0.3, 0.4) is 0 Å². The van der Waals surface area contributed by atoms with Gasteiger partial charge < -0.3 is 4.98 Å². The van der Waals surface area contributed by atoms with Gasteiger partial charge in [-0.2, -0.15) is 0 Å². The Morgan fingerprint density at radius 2 is 1.78 bits per heavy atom. The van der Waals surface area contributed by atoms with Crippen molar-refractivity contribution in [1.82, 2.24) is 4.98 Å². The molecule has 2 heterocycles. The highest BCUT2D eigenvalue weighted by atomic mass is 35.5. The topological polar surface area (TPSA) is 53.2 Å². The number of amides is 2. The molecular formula is C22H23ClN2O2. The van der Waals surface area contributed by atoms with Crippen molar-refractivity contribution in [2.24, 2.45) is 11.8 Å². The SMILES string of the molecule is Cc1cc2c([nH]1)C1CCCCCC1[C@@H]1C(=O)N(c3ccc(Cl)cc3)C(=O)[C@H]21. The third-order valence-corrected chi connectivity index (χ3v) is 6.94. The maximum absolute atomic E-state index is 13.5. The van der Waals surface area contributed by atoms with Crippen LogP contribution < -0.4 is 4.90 Å². The number of aryl methyl sites for hydroxylation is 1. The Balaban J connectivity index is 1.64. The zero-order valence-corrected chi connectivity index (χ0v) is 16.1. The highest BCUT2D eigenvalue weighted by Crippen LogP contribution is 2.55. The number of benzene rings is 1. The van der Waals surface area contributed by atoms with Gasteiger partial charge in [-0.3, -0.25) is 9.59 Å². The number of nitrogens with zero attached hydrogens (tertiary/aromatic N) is 1. The fraction of sp³-hybridized carbons (Fsp3) is 0.455. The number of halogens is 1. The molecule has 2 aromatic rings. The van der Waals surface area contributed by atoms with Crippen LogP contribution in [0.5, 0.6) is 0 Å². The maximum Gasteiger partial charge on any atom is 0.242 e. The zero-order chi connectivity index (χ0) is 18.7. The Morgan fingerprint density at radius 1 is 1.04 bits per heavy atom. The molecule has 2 fully saturated rings. The number of aromatic nitrogens is 1. The minimum Gasteiger partial charge on any atom is -0.362 e. The van der Waals surface area contributed by atoms with Crippen LogP contribution in [0.4, 0.5) is 5.69 Å². The first-order valence-corrected chi connectivity index (χ1v) is 10.3. The first kappa shape index (κ1) is 17.1. The molecule has 2 amide bonds. The quantitative estimate of drug-likeness (QED) is 0.711. The van der Waals surface area contributed by atoms with E-state index < -0.39 is 0 Å². The Kier molecular flexibility index (Phi) is 3.94. The second-order valence-corrected chi connectivity index (χ2v) is 8.66. The Morgan fingerprint density at radius 3 is 2.56 bits per heavy atom. The fourth-order valence-electron chi connectivity index (χ4n) is 5.61. The summed E-state index contributed by atoms with van der Waals surface area (Å²) in [5.41, 5.74) is 3.96. The van der Waals surface area contributed by atoms with Crippen molar-refractivity contribution in [3.63, 3.8) is 0 Å². The molecule has 1 N–H and O–H groups in total. The van der Waals surface area contributed by atoms with E-state index in [-0.39, 0.29) is 29.6 Å². The molecule has 5 rings (SSSR count). The van der Waals surface area contributed by atoms with Gasteiger partial charge in [0.05, 0.1) is 17.5 Å². The summed E-state index contributed by atoms with van der Waals surface area (Å²) in [6.07, 6.45) is 5.67. The van der Waals surface area contributed by atoms with Gasteiger partial charge in [-0.15, -0.1) is 0 Å². The summed E-state index contributed by atoms with van der Waals surface area (Å²) < 4.78 is 0. The van der Waals surface area contributed by atoms with Crippen LogP contribution in [0.2, 0.25) is 5.02 Å². The Bertz CT molecular complexity index is 917. The van der Waals surface area contributed by atoms with Gasteiger partial charge >= 0.3 is 0 Å². The lowest BCUT2D eigenvalue weighted by Gasteiger charge is -2.36. The molecule has 1 saturated heterocycles. The molecule has 4 atom stereocenters. The Labute approximate surface area is 163 Å². The minimum atomic E-state index is -0.354. The first-order chi connectivity index (χ1) is 13.1. The third-order valence-electron chi connectivity index (χ3n) is 6.69.